The van der Waals surface area contributed by atoms with E-state index in [1.165, 1.54) is 23.3 Å². The van der Waals surface area contributed by atoms with Crippen LogP contribution in [0.4, 0.5) is 10.2 Å². The summed E-state index contributed by atoms with van der Waals surface area (Å²) in [5.41, 5.74) is 2.44. The molecule has 0 saturated carbocycles. The van der Waals surface area contributed by atoms with E-state index in [0.29, 0.717) is 6.04 Å². The summed E-state index contributed by atoms with van der Waals surface area (Å²) in [6.45, 7) is 7.21. The molecule has 1 aromatic carbocycles. The first kappa shape index (κ1) is 18.8. The van der Waals surface area contributed by atoms with Gasteiger partial charge in [-0.15, -0.1) is 0 Å². The Morgan fingerprint density at radius 1 is 1.19 bits per heavy atom. The van der Waals surface area contributed by atoms with E-state index in [-0.39, 0.29) is 5.82 Å². The molecule has 1 N–H and O–H groups in total. The number of hydrogen-bond donors (Lipinski definition) is 1. The highest BCUT2D eigenvalue weighted by atomic mass is 19.1. The van der Waals surface area contributed by atoms with Crippen molar-refractivity contribution in [2.75, 3.05) is 24.5 Å². The number of aryl methyl sites for hydroxylation is 3. The van der Waals surface area contributed by atoms with Crippen LogP contribution in [0.2, 0.25) is 0 Å². The molecule has 26 heavy (non-hydrogen) atoms. The van der Waals surface area contributed by atoms with Crippen LogP contribution in [0.25, 0.3) is 0 Å². The third-order valence-corrected chi connectivity index (χ3v) is 5.13. The van der Waals surface area contributed by atoms with Gasteiger partial charge < -0.3 is 10.2 Å². The molecule has 3 rings (SSSR count). The first-order valence-corrected chi connectivity index (χ1v) is 9.71. The van der Waals surface area contributed by atoms with Crippen LogP contribution in [0.15, 0.2) is 30.5 Å². The number of aromatic nitrogens is 2. The molecular weight excluding hydrogens is 327 g/mol. The van der Waals surface area contributed by atoms with Crippen molar-refractivity contribution in [1.29, 1.82) is 0 Å². The van der Waals surface area contributed by atoms with Crippen molar-refractivity contribution >= 4 is 5.82 Å². The molecule has 1 fully saturated rings. The molecule has 1 aromatic heterocycles. The van der Waals surface area contributed by atoms with Crippen LogP contribution >= 0.6 is 0 Å². The lowest BCUT2D eigenvalue weighted by molar-refractivity contribution is 0.411. The molecule has 0 atom stereocenters. The molecule has 2 aromatic rings. The molecule has 1 saturated heterocycles. The Labute approximate surface area is 155 Å². The number of rotatable bonds is 7. The molecule has 1 aliphatic heterocycles. The zero-order chi connectivity index (χ0) is 18.4. The summed E-state index contributed by atoms with van der Waals surface area (Å²) >= 11 is 0. The lowest BCUT2D eigenvalue weighted by Gasteiger charge is -2.34. The highest BCUT2D eigenvalue weighted by Crippen LogP contribution is 2.22. The summed E-state index contributed by atoms with van der Waals surface area (Å²) < 4.78 is 12.9. The summed E-state index contributed by atoms with van der Waals surface area (Å²) in [6, 6.07) is 7.41. The largest absolute Gasteiger partial charge is 0.356 e. The molecule has 2 heterocycles. The van der Waals surface area contributed by atoms with E-state index in [1.54, 1.807) is 0 Å². The molecule has 0 radical (unpaired) electrons. The van der Waals surface area contributed by atoms with Gasteiger partial charge in [-0.3, -0.25) is 0 Å². The third kappa shape index (κ3) is 5.01. The van der Waals surface area contributed by atoms with Crippen molar-refractivity contribution in [1.82, 2.24) is 15.3 Å². The fraction of sp³-hybridized carbons (Fsp3) is 0.524. The maximum absolute atomic E-state index is 12.9. The van der Waals surface area contributed by atoms with Crippen LogP contribution in [0.5, 0.6) is 0 Å². The van der Waals surface area contributed by atoms with Gasteiger partial charge >= 0.3 is 0 Å². The Morgan fingerprint density at radius 3 is 2.62 bits per heavy atom. The minimum atomic E-state index is -0.163. The van der Waals surface area contributed by atoms with Gasteiger partial charge in [0.05, 0.1) is 0 Å². The van der Waals surface area contributed by atoms with Crippen molar-refractivity contribution in [3.05, 3.63) is 53.2 Å². The average molecular weight is 356 g/mol. The first-order chi connectivity index (χ1) is 12.7. The Balaban J connectivity index is 1.41. The molecular formula is C21H29FN4. The molecule has 0 bridgehead atoms. The highest BCUT2D eigenvalue weighted by Gasteiger charge is 2.21. The van der Waals surface area contributed by atoms with Crippen LogP contribution in [-0.4, -0.2) is 35.6 Å². The quantitative estimate of drug-likeness (QED) is 0.769. The van der Waals surface area contributed by atoms with Crippen LogP contribution < -0.4 is 10.2 Å². The smallest absolute Gasteiger partial charge is 0.135 e. The summed E-state index contributed by atoms with van der Waals surface area (Å²) in [6.07, 6.45) is 7.29. The topological polar surface area (TPSA) is 41.1 Å². The number of nitrogens with one attached hydrogen (secondary N) is 1. The Hall–Kier alpha value is -2.01. The molecule has 1 aliphatic rings. The summed E-state index contributed by atoms with van der Waals surface area (Å²) in [5, 5.41) is 3.68. The lowest BCUT2D eigenvalue weighted by atomic mass is 10.0. The van der Waals surface area contributed by atoms with Crippen molar-refractivity contribution in [2.45, 2.75) is 52.0 Å². The van der Waals surface area contributed by atoms with E-state index in [4.69, 9.17) is 0 Å². The fourth-order valence-electron chi connectivity index (χ4n) is 3.55. The molecule has 140 valence electrons. The summed E-state index contributed by atoms with van der Waals surface area (Å²) in [4.78, 5) is 11.4. The second kappa shape index (κ2) is 9.08. The second-order valence-electron chi connectivity index (χ2n) is 7.07. The zero-order valence-electron chi connectivity index (χ0n) is 15.8. The number of nitrogens with zero attached hydrogens (tertiary/aromatic N) is 3. The molecule has 4 nitrogen and oxygen atoms in total. The van der Waals surface area contributed by atoms with Gasteiger partial charge in [0.25, 0.3) is 0 Å². The van der Waals surface area contributed by atoms with Gasteiger partial charge in [-0.25, -0.2) is 14.4 Å². The second-order valence-corrected chi connectivity index (χ2v) is 7.07. The molecule has 0 spiro atoms. The van der Waals surface area contributed by atoms with Crippen molar-refractivity contribution in [2.24, 2.45) is 0 Å². The maximum atomic E-state index is 12.9. The Bertz CT molecular complexity index is 694. The van der Waals surface area contributed by atoms with Gasteiger partial charge in [-0.2, -0.15) is 0 Å². The minimum absolute atomic E-state index is 0.163. The van der Waals surface area contributed by atoms with Crippen LogP contribution in [-0.2, 0) is 12.8 Å². The summed E-state index contributed by atoms with van der Waals surface area (Å²) in [7, 11) is 0. The van der Waals surface area contributed by atoms with E-state index in [2.05, 4.69) is 27.1 Å². The Morgan fingerprint density at radius 2 is 1.92 bits per heavy atom. The first-order valence-electron chi connectivity index (χ1n) is 9.71. The van der Waals surface area contributed by atoms with Gasteiger partial charge in [-0.1, -0.05) is 19.1 Å². The third-order valence-electron chi connectivity index (χ3n) is 5.13. The predicted molar refractivity (Wildman–Crippen MR) is 104 cm³/mol. The zero-order valence-corrected chi connectivity index (χ0v) is 15.8. The van der Waals surface area contributed by atoms with Gasteiger partial charge in [-0.05, 0) is 63.3 Å². The predicted octanol–water partition coefficient (Wildman–Crippen LogP) is 3.68. The van der Waals surface area contributed by atoms with E-state index >= 15 is 0 Å². The number of hydrogen-bond acceptors (Lipinski definition) is 4. The van der Waals surface area contributed by atoms with Gasteiger partial charge in [0.1, 0.15) is 17.5 Å². The van der Waals surface area contributed by atoms with Crippen molar-refractivity contribution in [3.63, 3.8) is 0 Å². The van der Waals surface area contributed by atoms with Crippen molar-refractivity contribution < 1.29 is 4.39 Å². The number of piperidine rings is 1. The normalized spacial score (nSPS) is 15.4. The van der Waals surface area contributed by atoms with E-state index < -0.39 is 0 Å². The average Bonchev–Trinajstić information content (AvgIpc) is 2.67. The molecule has 5 heteroatoms. The minimum Gasteiger partial charge on any atom is -0.356 e. The van der Waals surface area contributed by atoms with E-state index in [0.717, 1.165) is 63.4 Å². The van der Waals surface area contributed by atoms with Crippen LogP contribution in [0.1, 0.15) is 43.1 Å². The standard InChI is InChI=1S/C21H29FN4/c1-3-18-15-24-16(2)25-21(18)26-13-10-20(11-14-26)23-12-4-5-17-6-8-19(22)9-7-17/h6-9,15,20,23H,3-5,10-14H2,1-2H3. The molecule has 0 amide bonds. The van der Waals surface area contributed by atoms with Crippen LogP contribution in [0, 0.1) is 12.7 Å². The molecule has 0 unspecified atom stereocenters. The van der Waals surface area contributed by atoms with Gasteiger partial charge in [0.15, 0.2) is 0 Å². The van der Waals surface area contributed by atoms with E-state index in [1.807, 2.05) is 25.3 Å². The Kier molecular flexibility index (Phi) is 6.56. The van der Waals surface area contributed by atoms with Gasteiger partial charge in [0, 0.05) is 30.9 Å². The number of halogens is 1. The number of benzene rings is 1. The van der Waals surface area contributed by atoms with Gasteiger partial charge in [0.2, 0.25) is 0 Å². The monoisotopic (exact) mass is 356 g/mol. The SMILES string of the molecule is CCc1cnc(C)nc1N1CCC(NCCCc2ccc(F)cc2)CC1. The number of anilines is 1. The maximum Gasteiger partial charge on any atom is 0.135 e. The fourth-order valence-corrected chi connectivity index (χ4v) is 3.55. The highest BCUT2D eigenvalue weighted by molar-refractivity contribution is 5.46. The lowest BCUT2D eigenvalue weighted by Crippen LogP contribution is -2.43. The van der Waals surface area contributed by atoms with Crippen LogP contribution in [0.3, 0.4) is 0 Å². The van der Waals surface area contributed by atoms with Crippen molar-refractivity contribution in [3.8, 4) is 0 Å². The summed E-state index contributed by atoms with van der Waals surface area (Å²) in [5.74, 6) is 1.80. The molecule has 0 aliphatic carbocycles. The van der Waals surface area contributed by atoms with E-state index in [9.17, 15) is 4.39 Å².